The summed E-state index contributed by atoms with van der Waals surface area (Å²) >= 11 is 0. The van der Waals surface area contributed by atoms with E-state index < -0.39 is 0 Å². The number of hydrogen-bond donors (Lipinski definition) is 0. The molecule has 21 heavy (non-hydrogen) atoms. The van der Waals surface area contributed by atoms with E-state index in [1.54, 1.807) is 12.7 Å². The molecule has 0 aliphatic carbocycles. The second-order valence-electron chi connectivity index (χ2n) is 6.14. The second kappa shape index (κ2) is 7.02. The highest BCUT2D eigenvalue weighted by molar-refractivity contribution is 5.76. The van der Waals surface area contributed by atoms with Crippen LogP contribution in [0.2, 0.25) is 0 Å². The summed E-state index contributed by atoms with van der Waals surface area (Å²) in [5.41, 5.74) is 0. The van der Waals surface area contributed by atoms with Crippen LogP contribution in [0.4, 0.5) is 0 Å². The van der Waals surface area contributed by atoms with Crippen molar-refractivity contribution in [3.05, 3.63) is 12.7 Å². The molecule has 2 aliphatic rings. The number of rotatable bonds is 5. The minimum atomic E-state index is 0.334. The van der Waals surface area contributed by atoms with Crippen LogP contribution in [-0.4, -0.2) is 62.7 Å². The third kappa shape index (κ3) is 3.81. The third-order valence-electron chi connectivity index (χ3n) is 4.69. The minimum Gasteiger partial charge on any atom is -0.343 e. The average molecular weight is 291 g/mol. The molecular formula is C15H25N5O. The number of carbonyl (C=O) groups excluding carboxylic acids is 1. The molecule has 3 heterocycles. The largest absolute Gasteiger partial charge is 0.343 e. The lowest BCUT2D eigenvalue weighted by Gasteiger charge is -2.29. The third-order valence-corrected chi connectivity index (χ3v) is 4.69. The zero-order valence-electron chi connectivity index (χ0n) is 12.7. The van der Waals surface area contributed by atoms with Crippen molar-refractivity contribution in [2.45, 2.75) is 51.1 Å². The molecule has 6 heteroatoms. The van der Waals surface area contributed by atoms with Crippen LogP contribution >= 0.6 is 0 Å². The first-order valence-electron chi connectivity index (χ1n) is 8.17. The normalized spacial score (nSPS) is 23.6. The van der Waals surface area contributed by atoms with Crippen LogP contribution in [0.5, 0.6) is 0 Å². The van der Waals surface area contributed by atoms with Gasteiger partial charge in [-0.3, -0.25) is 14.4 Å². The van der Waals surface area contributed by atoms with Gasteiger partial charge < -0.3 is 4.90 Å². The SMILES string of the molecule is O=C(CCN1CCCC1Cn1cncn1)N1CCCCC1. The predicted octanol–water partition coefficient (Wildman–Crippen LogP) is 1.15. The molecule has 0 spiro atoms. The Hall–Kier alpha value is -1.43. The van der Waals surface area contributed by atoms with E-state index in [1.165, 1.54) is 32.1 Å². The molecule has 0 saturated carbocycles. The Balaban J connectivity index is 1.46. The number of carbonyl (C=O) groups is 1. The van der Waals surface area contributed by atoms with Gasteiger partial charge in [-0.2, -0.15) is 5.10 Å². The number of hydrogen-bond acceptors (Lipinski definition) is 4. The highest BCUT2D eigenvalue weighted by Gasteiger charge is 2.26. The molecule has 1 amide bonds. The molecule has 2 saturated heterocycles. The summed E-state index contributed by atoms with van der Waals surface area (Å²) in [5, 5.41) is 4.19. The fraction of sp³-hybridized carbons (Fsp3) is 0.800. The van der Waals surface area contributed by atoms with E-state index in [1.807, 2.05) is 9.58 Å². The Kier molecular flexibility index (Phi) is 4.85. The van der Waals surface area contributed by atoms with E-state index in [4.69, 9.17) is 0 Å². The van der Waals surface area contributed by atoms with Crippen molar-refractivity contribution in [1.82, 2.24) is 24.6 Å². The van der Waals surface area contributed by atoms with Gasteiger partial charge in [0.2, 0.25) is 5.91 Å². The van der Waals surface area contributed by atoms with Gasteiger partial charge in [-0.15, -0.1) is 0 Å². The van der Waals surface area contributed by atoms with Crippen molar-refractivity contribution >= 4 is 5.91 Å². The predicted molar refractivity (Wildman–Crippen MR) is 79.7 cm³/mol. The maximum absolute atomic E-state index is 12.3. The Morgan fingerprint density at radius 2 is 2.00 bits per heavy atom. The molecule has 1 unspecified atom stereocenters. The lowest BCUT2D eigenvalue weighted by Crippen LogP contribution is -2.39. The van der Waals surface area contributed by atoms with Gasteiger partial charge in [-0.05, 0) is 38.6 Å². The van der Waals surface area contributed by atoms with Gasteiger partial charge >= 0.3 is 0 Å². The van der Waals surface area contributed by atoms with E-state index in [0.29, 0.717) is 18.4 Å². The Morgan fingerprint density at radius 3 is 2.76 bits per heavy atom. The molecule has 6 nitrogen and oxygen atoms in total. The van der Waals surface area contributed by atoms with Crippen LogP contribution < -0.4 is 0 Å². The lowest BCUT2D eigenvalue weighted by atomic mass is 10.1. The second-order valence-corrected chi connectivity index (χ2v) is 6.14. The van der Waals surface area contributed by atoms with Crippen LogP contribution in [0.15, 0.2) is 12.7 Å². The molecule has 1 atom stereocenters. The summed E-state index contributed by atoms with van der Waals surface area (Å²) in [6.45, 7) is 4.79. The molecule has 1 aromatic rings. The summed E-state index contributed by atoms with van der Waals surface area (Å²) in [6.07, 6.45) is 10.0. The van der Waals surface area contributed by atoms with E-state index in [0.717, 1.165) is 32.7 Å². The molecule has 2 aliphatic heterocycles. The molecule has 3 rings (SSSR count). The van der Waals surface area contributed by atoms with Crippen LogP contribution in [-0.2, 0) is 11.3 Å². The van der Waals surface area contributed by atoms with Crippen molar-refractivity contribution in [3.63, 3.8) is 0 Å². The van der Waals surface area contributed by atoms with Crippen LogP contribution in [0.25, 0.3) is 0 Å². The topological polar surface area (TPSA) is 54.3 Å². The first-order valence-corrected chi connectivity index (χ1v) is 8.17. The van der Waals surface area contributed by atoms with E-state index in [-0.39, 0.29) is 0 Å². The van der Waals surface area contributed by atoms with Gasteiger partial charge in [0.25, 0.3) is 0 Å². The van der Waals surface area contributed by atoms with E-state index in [9.17, 15) is 4.79 Å². The molecule has 116 valence electrons. The Morgan fingerprint density at radius 1 is 1.14 bits per heavy atom. The minimum absolute atomic E-state index is 0.334. The van der Waals surface area contributed by atoms with E-state index in [2.05, 4.69) is 15.0 Å². The van der Waals surface area contributed by atoms with Crippen LogP contribution in [0.1, 0.15) is 38.5 Å². The maximum atomic E-state index is 12.3. The fourth-order valence-electron chi connectivity index (χ4n) is 3.48. The summed E-state index contributed by atoms with van der Waals surface area (Å²) in [6, 6.07) is 0.501. The smallest absolute Gasteiger partial charge is 0.223 e. The van der Waals surface area contributed by atoms with Crippen molar-refractivity contribution < 1.29 is 4.79 Å². The standard InChI is InChI=1S/C15H25N5O/c21-15(19-7-2-1-3-8-19)6-10-18-9-4-5-14(18)11-20-13-16-12-17-20/h12-14H,1-11H2. The number of aromatic nitrogens is 3. The zero-order valence-corrected chi connectivity index (χ0v) is 12.7. The highest BCUT2D eigenvalue weighted by Crippen LogP contribution is 2.19. The molecule has 1 aromatic heterocycles. The molecule has 2 fully saturated rings. The quantitative estimate of drug-likeness (QED) is 0.816. The first-order chi connectivity index (χ1) is 10.3. The number of amides is 1. The fourth-order valence-corrected chi connectivity index (χ4v) is 3.48. The number of nitrogens with zero attached hydrogens (tertiary/aromatic N) is 5. The Labute approximate surface area is 126 Å². The average Bonchev–Trinajstić information content (AvgIpc) is 3.18. The van der Waals surface area contributed by atoms with E-state index >= 15 is 0 Å². The number of piperidine rings is 1. The maximum Gasteiger partial charge on any atom is 0.223 e. The molecular weight excluding hydrogens is 266 g/mol. The first kappa shape index (κ1) is 14.5. The van der Waals surface area contributed by atoms with Gasteiger partial charge in [-0.1, -0.05) is 0 Å². The summed E-state index contributed by atoms with van der Waals surface area (Å²) in [4.78, 5) is 20.7. The monoisotopic (exact) mass is 291 g/mol. The van der Waals surface area contributed by atoms with Crippen molar-refractivity contribution in [2.75, 3.05) is 26.2 Å². The summed E-state index contributed by atoms with van der Waals surface area (Å²) in [7, 11) is 0. The highest BCUT2D eigenvalue weighted by atomic mass is 16.2. The zero-order chi connectivity index (χ0) is 14.5. The molecule has 0 N–H and O–H groups in total. The Bertz CT molecular complexity index is 441. The van der Waals surface area contributed by atoms with Gasteiger partial charge in [0, 0.05) is 32.1 Å². The molecule has 0 radical (unpaired) electrons. The summed E-state index contributed by atoms with van der Waals surface area (Å²) < 4.78 is 1.90. The van der Waals surface area contributed by atoms with Crippen molar-refractivity contribution in [3.8, 4) is 0 Å². The van der Waals surface area contributed by atoms with Crippen molar-refractivity contribution in [2.24, 2.45) is 0 Å². The van der Waals surface area contributed by atoms with Crippen LogP contribution in [0.3, 0.4) is 0 Å². The lowest BCUT2D eigenvalue weighted by molar-refractivity contribution is -0.132. The van der Waals surface area contributed by atoms with Crippen molar-refractivity contribution in [1.29, 1.82) is 0 Å². The van der Waals surface area contributed by atoms with Gasteiger partial charge in [0.1, 0.15) is 12.7 Å². The van der Waals surface area contributed by atoms with Gasteiger partial charge in [0.15, 0.2) is 0 Å². The van der Waals surface area contributed by atoms with Gasteiger partial charge in [0.05, 0.1) is 6.54 Å². The van der Waals surface area contributed by atoms with Gasteiger partial charge in [-0.25, -0.2) is 4.98 Å². The summed E-state index contributed by atoms with van der Waals surface area (Å²) in [5.74, 6) is 0.334. The number of likely N-dealkylation sites (tertiary alicyclic amines) is 2. The molecule has 0 bridgehead atoms. The van der Waals surface area contributed by atoms with Crippen LogP contribution in [0, 0.1) is 0 Å². The molecule has 0 aromatic carbocycles.